The summed E-state index contributed by atoms with van der Waals surface area (Å²) in [5.74, 6) is 0.766. The topological polar surface area (TPSA) is 55.6 Å². The minimum absolute atomic E-state index is 0. The summed E-state index contributed by atoms with van der Waals surface area (Å²) in [5, 5.41) is 2.22. The molecule has 0 saturated heterocycles. The summed E-state index contributed by atoms with van der Waals surface area (Å²) in [7, 11) is 3.51. The van der Waals surface area contributed by atoms with E-state index in [4.69, 9.17) is 10.5 Å². The van der Waals surface area contributed by atoms with Crippen LogP contribution in [-0.2, 0) is 4.79 Å². The first-order chi connectivity index (χ1) is 11.3. The fourth-order valence-corrected chi connectivity index (χ4v) is 2.90. The molecule has 0 aliphatic rings. The van der Waals surface area contributed by atoms with Gasteiger partial charge in [-0.15, -0.1) is 12.4 Å². The first-order valence-electron chi connectivity index (χ1n) is 8.30. The van der Waals surface area contributed by atoms with Crippen LogP contribution in [0, 0.1) is 5.41 Å². The molecule has 2 aromatic carbocycles. The molecule has 0 aliphatic heterocycles. The van der Waals surface area contributed by atoms with Crippen LogP contribution >= 0.6 is 12.4 Å². The predicted molar refractivity (Wildman–Crippen MR) is 107 cm³/mol. The highest BCUT2D eigenvalue weighted by Crippen LogP contribution is 2.26. The third-order valence-corrected chi connectivity index (χ3v) is 4.54. The molecular formula is C20H29ClN2O2. The van der Waals surface area contributed by atoms with Gasteiger partial charge in [-0.1, -0.05) is 38.1 Å². The van der Waals surface area contributed by atoms with Gasteiger partial charge in [-0.05, 0) is 47.4 Å². The average Bonchev–Trinajstić information content (AvgIpc) is 2.59. The molecule has 0 spiro atoms. The van der Waals surface area contributed by atoms with Crippen molar-refractivity contribution in [2.75, 3.05) is 27.2 Å². The van der Waals surface area contributed by atoms with Gasteiger partial charge in [-0.2, -0.15) is 0 Å². The molecule has 0 saturated carbocycles. The summed E-state index contributed by atoms with van der Waals surface area (Å²) in [6.07, 6.45) is 0. The number of amides is 1. The number of hydrogen-bond acceptors (Lipinski definition) is 3. The van der Waals surface area contributed by atoms with Gasteiger partial charge in [0.25, 0.3) is 0 Å². The second-order valence-corrected chi connectivity index (χ2v) is 7.26. The standard InChI is InChI=1S/C20H28N2O2.ClH/c1-14(19(23)22(4)13-20(2,3)12-21)15-6-7-17-11-18(24-5)9-8-16(17)10-15;/h6-11,14H,12-13,21H2,1-5H3;1H. The molecule has 0 radical (unpaired) electrons. The Labute approximate surface area is 156 Å². The first kappa shape index (κ1) is 21.3. The maximum Gasteiger partial charge on any atom is 0.229 e. The van der Waals surface area contributed by atoms with E-state index < -0.39 is 0 Å². The molecule has 1 amide bonds. The lowest BCUT2D eigenvalue weighted by Crippen LogP contribution is -2.41. The summed E-state index contributed by atoms with van der Waals surface area (Å²) in [5.41, 5.74) is 6.72. The molecule has 5 heteroatoms. The maximum atomic E-state index is 12.7. The second-order valence-electron chi connectivity index (χ2n) is 7.26. The molecule has 1 unspecified atom stereocenters. The van der Waals surface area contributed by atoms with E-state index >= 15 is 0 Å². The Morgan fingerprint density at radius 1 is 1.20 bits per heavy atom. The van der Waals surface area contributed by atoms with E-state index in [2.05, 4.69) is 19.9 Å². The van der Waals surface area contributed by atoms with Crippen molar-refractivity contribution in [3.8, 4) is 5.75 Å². The van der Waals surface area contributed by atoms with Crippen LogP contribution in [0.5, 0.6) is 5.75 Å². The molecule has 0 bridgehead atoms. The Hall–Kier alpha value is -1.78. The van der Waals surface area contributed by atoms with E-state index in [0.717, 1.165) is 22.1 Å². The SMILES string of the molecule is COc1ccc2cc(C(C)C(=O)N(C)CC(C)(C)CN)ccc2c1.Cl. The van der Waals surface area contributed by atoms with Gasteiger partial charge in [0, 0.05) is 13.6 Å². The Kier molecular flexibility index (Phi) is 7.27. The summed E-state index contributed by atoms with van der Waals surface area (Å²) >= 11 is 0. The molecule has 2 N–H and O–H groups in total. The zero-order chi connectivity index (χ0) is 17.9. The van der Waals surface area contributed by atoms with Gasteiger partial charge >= 0.3 is 0 Å². The van der Waals surface area contributed by atoms with E-state index in [1.807, 2.05) is 44.3 Å². The van der Waals surface area contributed by atoms with Gasteiger partial charge in [0.2, 0.25) is 5.91 Å². The molecule has 0 aromatic heterocycles. The van der Waals surface area contributed by atoms with Gasteiger partial charge in [-0.25, -0.2) is 0 Å². The number of halogens is 1. The number of nitrogens with two attached hydrogens (primary N) is 1. The van der Waals surface area contributed by atoms with Crippen LogP contribution < -0.4 is 10.5 Å². The molecule has 25 heavy (non-hydrogen) atoms. The monoisotopic (exact) mass is 364 g/mol. The molecule has 1 atom stereocenters. The highest BCUT2D eigenvalue weighted by atomic mass is 35.5. The number of ether oxygens (including phenoxy) is 1. The lowest BCUT2D eigenvalue weighted by Gasteiger charge is -2.30. The fraction of sp³-hybridized carbons (Fsp3) is 0.450. The van der Waals surface area contributed by atoms with E-state index in [1.165, 1.54) is 0 Å². The number of benzene rings is 2. The van der Waals surface area contributed by atoms with E-state index in [9.17, 15) is 4.79 Å². The Bertz CT molecular complexity index is 731. The quantitative estimate of drug-likeness (QED) is 0.847. The van der Waals surface area contributed by atoms with Crippen molar-refractivity contribution >= 4 is 29.1 Å². The van der Waals surface area contributed by atoms with Crippen LogP contribution in [0.4, 0.5) is 0 Å². The molecule has 0 fully saturated rings. The molecule has 138 valence electrons. The number of carbonyl (C=O) groups is 1. The maximum absolute atomic E-state index is 12.7. The van der Waals surface area contributed by atoms with Crippen LogP contribution in [-0.4, -0.2) is 38.1 Å². The summed E-state index contributed by atoms with van der Waals surface area (Å²) in [6.45, 7) is 7.31. The number of nitrogens with zero attached hydrogens (tertiary/aromatic N) is 1. The molecule has 4 nitrogen and oxygen atoms in total. The predicted octanol–water partition coefficient (Wildman–Crippen LogP) is 3.82. The van der Waals surface area contributed by atoms with Gasteiger partial charge in [-0.3, -0.25) is 4.79 Å². The smallest absolute Gasteiger partial charge is 0.229 e. The van der Waals surface area contributed by atoms with Crippen LogP contribution in [0.3, 0.4) is 0 Å². The van der Waals surface area contributed by atoms with Crippen LogP contribution in [0.15, 0.2) is 36.4 Å². The van der Waals surface area contributed by atoms with Gasteiger partial charge in [0.15, 0.2) is 0 Å². The highest BCUT2D eigenvalue weighted by Gasteiger charge is 2.25. The Morgan fingerprint density at radius 3 is 2.40 bits per heavy atom. The van der Waals surface area contributed by atoms with Gasteiger partial charge in [0.1, 0.15) is 5.75 Å². The molecule has 2 rings (SSSR count). The van der Waals surface area contributed by atoms with Crippen LogP contribution in [0.1, 0.15) is 32.3 Å². The zero-order valence-corrected chi connectivity index (χ0v) is 16.5. The molecule has 2 aromatic rings. The van der Waals surface area contributed by atoms with Crippen molar-refractivity contribution in [1.29, 1.82) is 0 Å². The van der Waals surface area contributed by atoms with Crippen LogP contribution in [0.2, 0.25) is 0 Å². The summed E-state index contributed by atoms with van der Waals surface area (Å²) < 4.78 is 5.26. The third kappa shape index (κ3) is 5.10. The van der Waals surface area contributed by atoms with Gasteiger partial charge in [0.05, 0.1) is 13.0 Å². The summed E-state index contributed by atoms with van der Waals surface area (Å²) in [4.78, 5) is 14.5. The fourth-order valence-electron chi connectivity index (χ4n) is 2.90. The number of rotatable bonds is 6. The van der Waals surface area contributed by atoms with E-state index in [-0.39, 0.29) is 29.6 Å². The van der Waals surface area contributed by atoms with E-state index in [0.29, 0.717) is 13.1 Å². The number of carbonyl (C=O) groups excluding carboxylic acids is 1. The number of likely N-dealkylation sites (N-methyl/N-ethyl adjacent to an activating group) is 1. The van der Waals surface area contributed by atoms with Crippen molar-refractivity contribution in [3.63, 3.8) is 0 Å². The van der Waals surface area contributed by atoms with Gasteiger partial charge < -0.3 is 15.4 Å². The van der Waals surface area contributed by atoms with E-state index in [1.54, 1.807) is 12.0 Å². The van der Waals surface area contributed by atoms with Crippen molar-refractivity contribution < 1.29 is 9.53 Å². The van der Waals surface area contributed by atoms with Crippen molar-refractivity contribution in [3.05, 3.63) is 42.0 Å². The highest BCUT2D eigenvalue weighted by molar-refractivity contribution is 5.88. The third-order valence-electron chi connectivity index (χ3n) is 4.54. The minimum Gasteiger partial charge on any atom is -0.497 e. The lowest BCUT2D eigenvalue weighted by molar-refractivity contribution is -0.132. The van der Waals surface area contributed by atoms with Crippen molar-refractivity contribution in [2.24, 2.45) is 11.1 Å². The largest absolute Gasteiger partial charge is 0.497 e. The van der Waals surface area contributed by atoms with Crippen LogP contribution in [0.25, 0.3) is 10.8 Å². The minimum atomic E-state index is -0.185. The molecular weight excluding hydrogens is 336 g/mol. The summed E-state index contributed by atoms with van der Waals surface area (Å²) in [6, 6.07) is 12.1. The average molecular weight is 365 g/mol. The second kappa shape index (κ2) is 8.54. The molecule has 0 aliphatic carbocycles. The zero-order valence-electron chi connectivity index (χ0n) is 15.7. The molecule has 0 heterocycles. The van der Waals surface area contributed by atoms with Crippen molar-refractivity contribution in [2.45, 2.75) is 26.7 Å². The van der Waals surface area contributed by atoms with Crippen molar-refractivity contribution in [1.82, 2.24) is 4.90 Å². The number of methoxy groups -OCH3 is 1. The first-order valence-corrected chi connectivity index (χ1v) is 8.30. The number of hydrogen-bond donors (Lipinski definition) is 1. The number of fused-ring (bicyclic) bond motifs is 1. The Balaban J connectivity index is 0.00000312. The normalized spacial score (nSPS) is 12.4. The lowest BCUT2D eigenvalue weighted by atomic mass is 9.91. The Morgan fingerprint density at radius 2 is 1.80 bits per heavy atom.